The molecular formula is C14H22O2. The maximum absolute atomic E-state index is 11.8. The Morgan fingerprint density at radius 1 is 1.31 bits per heavy atom. The van der Waals surface area contributed by atoms with Crippen molar-refractivity contribution in [3.8, 4) is 0 Å². The third kappa shape index (κ3) is 1.64. The lowest BCUT2D eigenvalue weighted by Gasteiger charge is -2.51. The first-order valence-corrected chi connectivity index (χ1v) is 6.18. The van der Waals surface area contributed by atoms with Crippen LogP contribution >= 0.6 is 0 Å². The van der Waals surface area contributed by atoms with Crippen molar-refractivity contribution in [1.82, 2.24) is 0 Å². The molecule has 1 fully saturated rings. The average molecular weight is 222 g/mol. The molecule has 2 aliphatic rings. The van der Waals surface area contributed by atoms with E-state index in [1.54, 1.807) is 7.11 Å². The molecule has 2 rings (SSSR count). The van der Waals surface area contributed by atoms with E-state index < -0.39 is 0 Å². The van der Waals surface area contributed by atoms with E-state index in [0.717, 1.165) is 6.42 Å². The van der Waals surface area contributed by atoms with E-state index in [1.807, 2.05) is 6.08 Å². The van der Waals surface area contributed by atoms with Crippen LogP contribution in [0.2, 0.25) is 0 Å². The Bertz CT molecular complexity index is 341. The number of ether oxygens (including phenoxy) is 1. The number of fused-ring (bicyclic) bond motifs is 1. The molecule has 0 unspecified atom stereocenters. The van der Waals surface area contributed by atoms with Gasteiger partial charge in [-0.1, -0.05) is 32.8 Å². The van der Waals surface area contributed by atoms with E-state index in [-0.39, 0.29) is 22.7 Å². The molecule has 0 amide bonds. The number of hydrogen-bond acceptors (Lipinski definition) is 2. The number of methoxy groups -OCH3 is 1. The SMILES string of the molecule is CO[C@H]1CC(=O)C=C2C(C)(C)CCC[C@@]21C. The summed E-state index contributed by atoms with van der Waals surface area (Å²) in [6.07, 6.45) is 6.07. The van der Waals surface area contributed by atoms with Crippen LogP contribution in [0.25, 0.3) is 0 Å². The predicted octanol–water partition coefficient (Wildman–Crippen LogP) is 3.12. The molecule has 0 aliphatic heterocycles. The van der Waals surface area contributed by atoms with Gasteiger partial charge in [-0.05, 0) is 24.3 Å². The molecule has 0 spiro atoms. The smallest absolute Gasteiger partial charge is 0.158 e. The van der Waals surface area contributed by atoms with Gasteiger partial charge in [0.1, 0.15) is 0 Å². The second kappa shape index (κ2) is 3.69. The highest BCUT2D eigenvalue weighted by atomic mass is 16.5. The minimum atomic E-state index is 0.0691. The number of hydrogen-bond donors (Lipinski definition) is 0. The van der Waals surface area contributed by atoms with E-state index in [2.05, 4.69) is 20.8 Å². The highest BCUT2D eigenvalue weighted by Crippen LogP contribution is 2.55. The van der Waals surface area contributed by atoms with Gasteiger partial charge < -0.3 is 4.74 Å². The first kappa shape index (κ1) is 11.8. The molecule has 0 aromatic rings. The third-order valence-electron chi connectivity index (χ3n) is 4.53. The molecule has 0 bridgehead atoms. The Hall–Kier alpha value is -0.630. The van der Waals surface area contributed by atoms with Gasteiger partial charge in [-0.3, -0.25) is 4.79 Å². The maximum Gasteiger partial charge on any atom is 0.158 e. The van der Waals surface area contributed by atoms with Crippen molar-refractivity contribution < 1.29 is 9.53 Å². The molecule has 2 nitrogen and oxygen atoms in total. The summed E-state index contributed by atoms with van der Waals surface area (Å²) in [6, 6.07) is 0. The van der Waals surface area contributed by atoms with Gasteiger partial charge in [0, 0.05) is 18.9 Å². The van der Waals surface area contributed by atoms with Crippen LogP contribution in [0.15, 0.2) is 11.6 Å². The first-order valence-electron chi connectivity index (χ1n) is 6.18. The molecule has 90 valence electrons. The molecule has 0 N–H and O–H groups in total. The summed E-state index contributed by atoms with van der Waals surface area (Å²) in [6.45, 7) is 6.77. The number of carbonyl (C=O) groups is 1. The summed E-state index contributed by atoms with van der Waals surface area (Å²) in [5.74, 6) is 0.231. The van der Waals surface area contributed by atoms with Gasteiger partial charge in [0.25, 0.3) is 0 Å². The normalized spacial score (nSPS) is 37.9. The monoisotopic (exact) mass is 222 g/mol. The number of allylic oxidation sites excluding steroid dienone is 1. The maximum atomic E-state index is 11.8. The summed E-state index contributed by atoms with van der Waals surface area (Å²) in [5.41, 5.74) is 1.54. The van der Waals surface area contributed by atoms with E-state index in [0.29, 0.717) is 6.42 Å². The quantitative estimate of drug-likeness (QED) is 0.681. The predicted molar refractivity (Wildman–Crippen MR) is 64.2 cm³/mol. The topological polar surface area (TPSA) is 26.3 Å². The van der Waals surface area contributed by atoms with Crippen LogP contribution < -0.4 is 0 Å². The van der Waals surface area contributed by atoms with Crippen molar-refractivity contribution in [2.45, 2.75) is 52.6 Å². The van der Waals surface area contributed by atoms with Gasteiger partial charge in [-0.2, -0.15) is 0 Å². The fourth-order valence-electron chi connectivity index (χ4n) is 3.61. The van der Waals surface area contributed by atoms with Crippen molar-refractivity contribution >= 4 is 5.78 Å². The highest BCUT2D eigenvalue weighted by Gasteiger charge is 2.49. The van der Waals surface area contributed by atoms with Crippen LogP contribution in [0.3, 0.4) is 0 Å². The first-order chi connectivity index (χ1) is 7.40. The van der Waals surface area contributed by atoms with Gasteiger partial charge in [0.2, 0.25) is 0 Å². The lowest BCUT2D eigenvalue weighted by Crippen LogP contribution is -2.47. The fourth-order valence-corrected chi connectivity index (χ4v) is 3.61. The van der Waals surface area contributed by atoms with Crippen molar-refractivity contribution in [3.05, 3.63) is 11.6 Å². The zero-order chi connectivity index (χ0) is 12.0. The Labute approximate surface area is 98.1 Å². The summed E-state index contributed by atoms with van der Waals surface area (Å²) < 4.78 is 5.57. The van der Waals surface area contributed by atoms with Crippen LogP contribution in [0, 0.1) is 10.8 Å². The summed E-state index contributed by atoms with van der Waals surface area (Å²) in [5, 5.41) is 0. The van der Waals surface area contributed by atoms with Gasteiger partial charge in [0.05, 0.1) is 6.10 Å². The molecule has 1 saturated carbocycles. The summed E-state index contributed by atoms with van der Waals surface area (Å²) in [7, 11) is 1.73. The molecule has 2 heteroatoms. The van der Waals surface area contributed by atoms with Crippen LogP contribution in [0.5, 0.6) is 0 Å². The molecule has 2 atom stereocenters. The number of carbonyl (C=O) groups excluding carboxylic acids is 1. The minimum Gasteiger partial charge on any atom is -0.380 e. The van der Waals surface area contributed by atoms with Crippen molar-refractivity contribution in [3.63, 3.8) is 0 Å². The summed E-state index contributed by atoms with van der Waals surface area (Å²) in [4.78, 5) is 11.8. The van der Waals surface area contributed by atoms with Crippen LogP contribution in [0.4, 0.5) is 0 Å². The van der Waals surface area contributed by atoms with Crippen molar-refractivity contribution in [2.24, 2.45) is 10.8 Å². The summed E-state index contributed by atoms with van der Waals surface area (Å²) >= 11 is 0. The number of rotatable bonds is 1. The molecule has 0 aromatic heterocycles. The van der Waals surface area contributed by atoms with E-state index in [4.69, 9.17) is 4.74 Å². The minimum absolute atomic E-state index is 0.0691. The van der Waals surface area contributed by atoms with Gasteiger partial charge in [-0.25, -0.2) is 0 Å². The van der Waals surface area contributed by atoms with Crippen molar-refractivity contribution in [2.75, 3.05) is 7.11 Å². The van der Waals surface area contributed by atoms with Crippen LogP contribution in [0.1, 0.15) is 46.5 Å². The highest BCUT2D eigenvalue weighted by molar-refractivity contribution is 5.92. The van der Waals surface area contributed by atoms with Crippen molar-refractivity contribution in [1.29, 1.82) is 0 Å². The second-order valence-electron chi connectivity index (χ2n) is 6.11. The van der Waals surface area contributed by atoms with E-state index >= 15 is 0 Å². The molecular weight excluding hydrogens is 200 g/mol. The largest absolute Gasteiger partial charge is 0.380 e. The average Bonchev–Trinajstić information content (AvgIpc) is 2.19. The molecule has 0 saturated heterocycles. The fraction of sp³-hybridized carbons (Fsp3) is 0.786. The Morgan fingerprint density at radius 3 is 2.62 bits per heavy atom. The molecule has 0 aromatic carbocycles. The van der Waals surface area contributed by atoms with Gasteiger partial charge >= 0.3 is 0 Å². The lowest BCUT2D eigenvalue weighted by atomic mass is 9.56. The van der Waals surface area contributed by atoms with Crippen LogP contribution in [-0.2, 0) is 9.53 Å². The van der Waals surface area contributed by atoms with Gasteiger partial charge in [-0.15, -0.1) is 0 Å². The molecule has 2 aliphatic carbocycles. The van der Waals surface area contributed by atoms with Crippen LogP contribution in [-0.4, -0.2) is 19.0 Å². The van der Waals surface area contributed by atoms with E-state index in [1.165, 1.54) is 18.4 Å². The zero-order valence-electron chi connectivity index (χ0n) is 10.8. The number of ketones is 1. The molecule has 16 heavy (non-hydrogen) atoms. The Kier molecular flexibility index (Phi) is 2.73. The standard InChI is InChI=1S/C14H22O2/c1-13(2)6-5-7-14(3)11(13)8-10(15)9-12(14)16-4/h8,12H,5-7,9H2,1-4H3/t12-,14-/m0/s1. The zero-order valence-corrected chi connectivity index (χ0v) is 10.8. The van der Waals surface area contributed by atoms with E-state index in [9.17, 15) is 4.79 Å². The molecule has 0 radical (unpaired) electrons. The Balaban J connectivity index is 2.47. The lowest BCUT2D eigenvalue weighted by molar-refractivity contribution is -0.122. The van der Waals surface area contributed by atoms with Gasteiger partial charge in [0.15, 0.2) is 5.78 Å². The Morgan fingerprint density at radius 2 is 2.00 bits per heavy atom. The molecule has 0 heterocycles. The third-order valence-corrected chi connectivity index (χ3v) is 4.53. The second-order valence-corrected chi connectivity index (χ2v) is 6.11.